The lowest BCUT2D eigenvalue weighted by atomic mass is 10.1. The Bertz CT molecular complexity index is 1270. The molecule has 12 nitrogen and oxygen atoms in total. The van der Waals surface area contributed by atoms with Gasteiger partial charge in [-0.1, -0.05) is 32.3 Å². The van der Waals surface area contributed by atoms with Crippen molar-refractivity contribution in [1.82, 2.24) is 10.6 Å². The Morgan fingerprint density at radius 3 is 1.75 bits per heavy atom. The first-order valence-corrected chi connectivity index (χ1v) is 12.6. The number of ether oxygens (including phenoxy) is 2. The number of methoxy groups -OCH3 is 1. The van der Waals surface area contributed by atoms with Gasteiger partial charge in [0, 0.05) is 35.4 Å². The number of carbonyl (C=O) groups excluding carboxylic acids is 2. The Kier molecular flexibility index (Phi) is 10.5. The summed E-state index contributed by atoms with van der Waals surface area (Å²) in [6, 6.07) is 15.0. The molecule has 0 unspecified atom stereocenters. The second-order valence-electron chi connectivity index (χ2n) is 8.81. The number of amides is 2. The first-order valence-electron chi connectivity index (χ1n) is 12.6. The smallest absolute Gasteiger partial charge is 0.269 e. The van der Waals surface area contributed by atoms with Crippen LogP contribution in [0.25, 0.3) is 0 Å². The normalized spacial score (nSPS) is 10.6. The highest BCUT2D eigenvalue weighted by atomic mass is 16.6. The van der Waals surface area contributed by atoms with Crippen LogP contribution in [0, 0.1) is 20.2 Å². The van der Waals surface area contributed by atoms with Crippen molar-refractivity contribution in [2.75, 3.05) is 13.7 Å². The number of nitrogens with one attached hydrogen (secondary N) is 2. The summed E-state index contributed by atoms with van der Waals surface area (Å²) in [6.45, 7) is 2.63. The van der Waals surface area contributed by atoms with Crippen molar-refractivity contribution in [3.63, 3.8) is 0 Å². The van der Waals surface area contributed by atoms with E-state index in [-0.39, 0.29) is 22.5 Å². The largest absolute Gasteiger partial charge is 0.493 e. The van der Waals surface area contributed by atoms with Crippen LogP contribution < -0.4 is 20.1 Å². The minimum Gasteiger partial charge on any atom is -0.493 e. The molecule has 0 saturated heterocycles. The van der Waals surface area contributed by atoms with E-state index < -0.39 is 27.8 Å². The van der Waals surface area contributed by atoms with Gasteiger partial charge in [-0.25, -0.2) is 0 Å². The van der Waals surface area contributed by atoms with Crippen LogP contribution in [-0.2, 0) is 0 Å². The molecule has 3 rings (SSSR count). The molecule has 0 radical (unpaired) electrons. The van der Waals surface area contributed by atoms with Gasteiger partial charge in [0.05, 0.1) is 23.6 Å². The fraction of sp³-hybridized carbons (Fsp3) is 0.286. The molecule has 0 aliphatic rings. The summed E-state index contributed by atoms with van der Waals surface area (Å²) in [7, 11) is 1.48. The lowest BCUT2D eigenvalue weighted by Gasteiger charge is -2.22. The van der Waals surface area contributed by atoms with Crippen LogP contribution in [0.15, 0.2) is 66.7 Å². The van der Waals surface area contributed by atoms with Crippen molar-refractivity contribution < 1.29 is 28.9 Å². The third-order valence-electron chi connectivity index (χ3n) is 6.01. The summed E-state index contributed by atoms with van der Waals surface area (Å²) >= 11 is 0. The predicted octanol–water partition coefficient (Wildman–Crippen LogP) is 5.33. The number of benzene rings is 3. The van der Waals surface area contributed by atoms with Gasteiger partial charge in [-0.15, -0.1) is 0 Å². The van der Waals surface area contributed by atoms with E-state index in [1.54, 1.807) is 18.2 Å². The van der Waals surface area contributed by atoms with Crippen molar-refractivity contribution in [3.8, 4) is 11.5 Å². The van der Waals surface area contributed by atoms with E-state index in [4.69, 9.17) is 9.47 Å². The second-order valence-corrected chi connectivity index (χ2v) is 8.81. The van der Waals surface area contributed by atoms with Crippen LogP contribution in [0.1, 0.15) is 65.1 Å². The number of rotatable bonds is 14. The minimum absolute atomic E-state index is 0.138. The molecule has 0 saturated carbocycles. The van der Waals surface area contributed by atoms with Crippen molar-refractivity contribution in [2.24, 2.45) is 0 Å². The van der Waals surface area contributed by atoms with Crippen molar-refractivity contribution in [1.29, 1.82) is 0 Å². The van der Waals surface area contributed by atoms with Gasteiger partial charge in [0.2, 0.25) is 0 Å². The van der Waals surface area contributed by atoms with Crippen LogP contribution >= 0.6 is 0 Å². The average Bonchev–Trinajstić information content (AvgIpc) is 2.96. The number of non-ortho nitro benzene ring substituents is 2. The first-order chi connectivity index (χ1) is 19.2. The summed E-state index contributed by atoms with van der Waals surface area (Å²) in [5.74, 6) is -0.296. The maximum Gasteiger partial charge on any atom is 0.269 e. The summed E-state index contributed by atoms with van der Waals surface area (Å²) < 4.78 is 11.3. The molecule has 0 spiro atoms. The predicted molar refractivity (Wildman–Crippen MR) is 146 cm³/mol. The zero-order valence-corrected chi connectivity index (χ0v) is 22.1. The van der Waals surface area contributed by atoms with Crippen LogP contribution in [0.5, 0.6) is 11.5 Å². The number of nitro groups is 2. The molecule has 12 heteroatoms. The lowest BCUT2D eigenvalue weighted by molar-refractivity contribution is -0.385. The molecule has 2 N–H and O–H groups in total. The van der Waals surface area contributed by atoms with E-state index >= 15 is 0 Å². The standard InChI is InChI=1S/C28H30N4O8/c1-3-4-5-6-17-40-24-16-11-21(18-25(24)39-2)26(29-27(33)19-7-12-22(13-8-19)31(35)36)30-28(34)20-9-14-23(15-10-20)32(37)38/h7-16,18,26H,3-6,17H2,1-2H3,(H,29,33)(H,30,34). The summed E-state index contributed by atoms with van der Waals surface area (Å²) in [5.41, 5.74) is 0.392. The molecule has 0 atom stereocenters. The summed E-state index contributed by atoms with van der Waals surface area (Å²) in [4.78, 5) is 46.8. The number of hydrogen-bond donors (Lipinski definition) is 2. The third kappa shape index (κ3) is 8.00. The van der Waals surface area contributed by atoms with E-state index in [0.717, 1.165) is 25.7 Å². The number of nitro benzene ring substituents is 2. The molecule has 0 fully saturated rings. The monoisotopic (exact) mass is 550 g/mol. The highest BCUT2D eigenvalue weighted by molar-refractivity contribution is 5.97. The van der Waals surface area contributed by atoms with Crippen LogP contribution in [-0.4, -0.2) is 35.4 Å². The number of carbonyl (C=O) groups is 2. The highest BCUT2D eigenvalue weighted by Gasteiger charge is 2.22. The van der Waals surface area contributed by atoms with E-state index in [1.807, 2.05) is 0 Å². The lowest BCUT2D eigenvalue weighted by Crippen LogP contribution is -2.41. The van der Waals surface area contributed by atoms with E-state index in [1.165, 1.54) is 55.6 Å². The molecular weight excluding hydrogens is 520 g/mol. The quantitative estimate of drug-likeness (QED) is 0.118. The Morgan fingerprint density at radius 2 is 1.30 bits per heavy atom. The minimum atomic E-state index is -1.06. The van der Waals surface area contributed by atoms with Gasteiger partial charge in [-0.05, 0) is 48.4 Å². The molecule has 210 valence electrons. The SMILES string of the molecule is CCCCCCOc1ccc(C(NC(=O)c2ccc([N+](=O)[O-])cc2)NC(=O)c2ccc([N+](=O)[O-])cc2)cc1OC. The van der Waals surface area contributed by atoms with Gasteiger partial charge >= 0.3 is 0 Å². The van der Waals surface area contributed by atoms with Crippen LogP contribution in [0.4, 0.5) is 11.4 Å². The van der Waals surface area contributed by atoms with Gasteiger partial charge in [-0.2, -0.15) is 0 Å². The number of hydrogen-bond acceptors (Lipinski definition) is 8. The maximum absolute atomic E-state index is 13.0. The van der Waals surface area contributed by atoms with Gasteiger partial charge in [0.15, 0.2) is 11.5 Å². The molecule has 0 aliphatic heterocycles. The summed E-state index contributed by atoms with van der Waals surface area (Å²) in [5, 5.41) is 27.4. The number of nitrogens with zero attached hydrogens (tertiary/aromatic N) is 2. The molecule has 3 aromatic rings. The van der Waals surface area contributed by atoms with E-state index in [0.29, 0.717) is 23.7 Å². The Morgan fingerprint density at radius 1 is 0.775 bits per heavy atom. The Labute approximate surface area is 230 Å². The fourth-order valence-electron chi connectivity index (χ4n) is 3.79. The maximum atomic E-state index is 13.0. The highest BCUT2D eigenvalue weighted by Crippen LogP contribution is 2.30. The zero-order chi connectivity index (χ0) is 29.1. The molecule has 0 aliphatic carbocycles. The van der Waals surface area contributed by atoms with Crippen LogP contribution in [0.3, 0.4) is 0 Å². The topological polar surface area (TPSA) is 163 Å². The third-order valence-corrected chi connectivity index (χ3v) is 6.01. The number of unbranched alkanes of at least 4 members (excludes halogenated alkanes) is 3. The van der Waals surface area contributed by atoms with Gasteiger partial charge < -0.3 is 20.1 Å². The Hall–Kier alpha value is -5.00. The van der Waals surface area contributed by atoms with Crippen molar-refractivity contribution in [3.05, 3.63) is 104 Å². The molecular formula is C28H30N4O8. The van der Waals surface area contributed by atoms with Crippen molar-refractivity contribution in [2.45, 2.75) is 38.8 Å². The van der Waals surface area contributed by atoms with Gasteiger partial charge in [0.25, 0.3) is 23.2 Å². The van der Waals surface area contributed by atoms with E-state index in [9.17, 15) is 29.8 Å². The molecule has 2 amide bonds. The molecule has 0 aromatic heterocycles. The fourth-order valence-corrected chi connectivity index (χ4v) is 3.79. The second kappa shape index (κ2) is 14.2. The van der Waals surface area contributed by atoms with Crippen LogP contribution in [0.2, 0.25) is 0 Å². The zero-order valence-electron chi connectivity index (χ0n) is 22.1. The molecule has 0 bridgehead atoms. The van der Waals surface area contributed by atoms with Crippen molar-refractivity contribution >= 4 is 23.2 Å². The first kappa shape index (κ1) is 29.6. The summed E-state index contributed by atoms with van der Waals surface area (Å²) in [6.07, 6.45) is 3.10. The Balaban J connectivity index is 1.85. The molecule has 40 heavy (non-hydrogen) atoms. The average molecular weight is 551 g/mol. The van der Waals surface area contributed by atoms with E-state index in [2.05, 4.69) is 17.6 Å². The molecule has 0 heterocycles. The van der Waals surface area contributed by atoms with Gasteiger partial charge in [-0.3, -0.25) is 29.8 Å². The molecule has 3 aromatic carbocycles. The van der Waals surface area contributed by atoms with Gasteiger partial charge in [0.1, 0.15) is 6.17 Å².